The highest BCUT2D eigenvalue weighted by molar-refractivity contribution is 6.04. The lowest BCUT2D eigenvalue weighted by molar-refractivity contribution is 0.0679. The molecule has 1 atom stereocenters. The SMILES string of the molecule is O=C(Nc1ncccc1O)c1cccc(OCC2CCCO2)c1. The summed E-state index contributed by atoms with van der Waals surface area (Å²) in [7, 11) is 0. The third-order valence-electron chi connectivity index (χ3n) is 3.57. The number of pyridine rings is 1. The summed E-state index contributed by atoms with van der Waals surface area (Å²) < 4.78 is 11.2. The van der Waals surface area contributed by atoms with E-state index in [-0.39, 0.29) is 23.6 Å². The number of aromatic hydroxyl groups is 1. The van der Waals surface area contributed by atoms with Crippen molar-refractivity contribution in [2.75, 3.05) is 18.5 Å². The molecular formula is C17H18N2O4. The summed E-state index contributed by atoms with van der Waals surface area (Å²) in [6, 6.07) is 9.93. The number of carbonyl (C=O) groups excluding carboxylic acids is 1. The Balaban J connectivity index is 1.64. The number of hydrogen-bond donors (Lipinski definition) is 2. The first-order valence-corrected chi connectivity index (χ1v) is 7.52. The first-order valence-electron chi connectivity index (χ1n) is 7.52. The van der Waals surface area contributed by atoms with Crippen LogP contribution in [0.2, 0.25) is 0 Å². The molecule has 1 aliphatic heterocycles. The topological polar surface area (TPSA) is 80.7 Å². The van der Waals surface area contributed by atoms with Crippen molar-refractivity contribution in [1.29, 1.82) is 0 Å². The van der Waals surface area contributed by atoms with Gasteiger partial charge in [-0.1, -0.05) is 6.07 Å². The molecular weight excluding hydrogens is 296 g/mol. The van der Waals surface area contributed by atoms with Crippen LogP contribution in [0.3, 0.4) is 0 Å². The second kappa shape index (κ2) is 7.11. The van der Waals surface area contributed by atoms with Gasteiger partial charge in [-0.3, -0.25) is 4.79 Å². The second-order valence-corrected chi connectivity index (χ2v) is 5.30. The minimum Gasteiger partial charge on any atom is -0.504 e. The van der Waals surface area contributed by atoms with Gasteiger partial charge in [0.1, 0.15) is 12.4 Å². The first kappa shape index (κ1) is 15.3. The number of amides is 1. The van der Waals surface area contributed by atoms with E-state index in [9.17, 15) is 9.90 Å². The van der Waals surface area contributed by atoms with Gasteiger partial charge in [-0.15, -0.1) is 0 Å². The number of nitrogens with zero attached hydrogens (tertiary/aromatic N) is 1. The van der Waals surface area contributed by atoms with E-state index in [1.807, 2.05) is 0 Å². The summed E-state index contributed by atoms with van der Waals surface area (Å²) in [5, 5.41) is 12.2. The number of ether oxygens (including phenoxy) is 2. The third-order valence-corrected chi connectivity index (χ3v) is 3.57. The maximum atomic E-state index is 12.2. The van der Waals surface area contributed by atoms with Gasteiger partial charge in [-0.25, -0.2) is 4.98 Å². The van der Waals surface area contributed by atoms with Crippen LogP contribution in [0, 0.1) is 0 Å². The molecule has 1 aromatic carbocycles. The summed E-state index contributed by atoms with van der Waals surface area (Å²) in [6.07, 6.45) is 3.68. The molecule has 1 amide bonds. The van der Waals surface area contributed by atoms with E-state index >= 15 is 0 Å². The Morgan fingerprint density at radius 3 is 3.09 bits per heavy atom. The maximum Gasteiger partial charge on any atom is 0.257 e. The highest BCUT2D eigenvalue weighted by Gasteiger charge is 2.16. The Labute approximate surface area is 134 Å². The fourth-order valence-electron chi connectivity index (χ4n) is 2.36. The van der Waals surface area contributed by atoms with Crippen molar-refractivity contribution < 1.29 is 19.4 Å². The zero-order valence-electron chi connectivity index (χ0n) is 12.6. The van der Waals surface area contributed by atoms with Crippen LogP contribution in [-0.2, 0) is 4.74 Å². The van der Waals surface area contributed by atoms with Gasteiger partial charge in [0.05, 0.1) is 6.10 Å². The normalized spacial score (nSPS) is 17.0. The minimum atomic E-state index is -0.360. The summed E-state index contributed by atoms with van der Waals surface area (Å²) in [6.45, 7) is 1.26. The molecule has 0 aliphatic carbocycles. The van der Waals surface area contributed by atoms with Crippen LogP contribution in [0.4, 0.5) is 5.82 Å². The Morgan fingerprint density at radius 2 is 2.30 bits per heavy atom. The Kier molecular flexibility index (Phi) is 4.73. The lowest BCUT2D eigenvalue weighted by Gasteiger charge is -2.12. The summed E-state index contributed by atoms with van der Waals surface area (Å²) in [5.74, 6) is 0.301. The van der Waals surface area contributed by atoms with Crippen molar-refractivity contribution in [1.82, 2.24) is 4.98 Å². The molecule has 23 heavy (non-hydrogen) atoms. The number of nitrogens with one attached hydrogen (secondary N) is 1. The van der Waals surface area contributed by atoms with Crippen molar-refractivity contribution in [3.63, 3.8) is 0 Å². The summed E-state index contributed by atoms with van der Waals surface area (Å²) >= 11 is 0. The number of rotatable bonds is 5. The van der Waals surface area contributed by atoms with E-state index in [1.54, 1.807) is 30.3 Å². The predicted octanol–water partition coefficient (Wildman–Crippen LogP) is 2.60. The molecule has 6 heteroatoms. The number of anilines is 1. The Hall–Kier alpha value is -2.60. The van der Waals surface area contributed by atoms with Crippen molar-refractivity contribution >= 4 is 11.7 Å². The molecule has 3 rings (SSSR count). The lowest BCUT2D eigenvalue weighted by atomic mass is 10.2. The highest BCUT2D eigenvalue weighted by Crippen LogP contribution is 2.21. The zero-order valence-corrected chi connectivity index (χ0v) is 12.6. The average molecular weight is 314 g/mol. The van der Waals surface area contributed by atoms with Gasteiger partial charge in [0, 0.05) is 18.4 Å². The van der Waals surface area contributed by atoms with E-state index in [2.05, 4.69) is 10.3 Å². The molecule has 2 heterocycles. The number of benzene rings is 1. The van der Waals surface area contributed by atoms with E-state index in [4.69, 9.17) is 9.47 Å². The largest absolute Gasteiger partial charge is 0.504 e. The van der Waals surface area contributed by atoms with E-state index in [0.29, 0.717) is 17.9 Å². The molecule has 1 aromatic heterocycles. The van der Waals surface area contributed by atoms with E-state index in [0.717, 1.165) is 19.4 Å². The summed E-state index contributed by atoms with van der Waals surface area (Å²) in [5.41, 5.74) is 0.430. The van der Waals surface area contributed by atoms with Crippen LogP contribution in [0.25, 0.3) is 0 Å². The molecule has 1 fully saturated rings. The van der Waals surface area contributed by atoms with Gasteiger partial charge in [-0.2, -0.15) is 0 Å². The van der Waals surface area contributed by atoms with Crippen LogP contribution in [0.5, 0.6) is 11.5 Å². The molecule has 2 aromatic rings. The number of aromatic nitrogens is 1. The second-order valence-electron chi connectivity index (χ2n) is 5.30. The third kappa shape index (κ3) is 3.98. The van der Waals surface area contributed by atoms with Crippen molar-refractivity contribution in [2.24, 2.45) is 0 Å². The van der Waals surface area contributed by atoms with E-state index in [1.165, 1.54) is 12.3 Å². The lowest BCUT2D eigenvalue weighted by Crippen LogP contribution is -2.17. The molecule has 2 N–H and O–H groups in total. The highest BCUT2D eigenvalue weighted by atomic mass is 16.5. The predicted molar refractivity (Wildman–Crippen MR) is 84.8 cm³/mol. The Bertz CT molecular complexity index is 684. The van der Waals surface area contributed by atoms with Gasteiger partial charge >= 0.3 is 0 Å². The van der Waals surface area contributed by atoms with Crippen molar-refractivity contribution in [2.45, 2.75) is 18.9 Å². The molecule has 120 valence electrons. The molecule has 0 radical (unpaired) electrons. The van der Waals surface area contributed by atoms with Crippen LogP contribution in [-0.4, -0.2) is 35.3 Å². The minimum absolute atomic E-state index is 0.0772. The van der Waals surface area contributed by atoms with Gasteiger partial charge < -0.3 is 19.9 Å². The maximum absolute atomic E-state index is 12.2. The monoisotopic (exact) mass is 314 g/mol. The van der Waals surface area contributed by atoms with Crippen molar-refractivity contribution in [3.05, 3.63) is 48.2 Å². The average Bonchev–Trinajstić information content (AvgIpc) is 3.09. The van der Waals surface area contributed by atoms with Crippen LogP contribution < -0.4 is 10.1 Å². The zero-order chi connectivity index (χ0) is 16.1. The molecule has 6 nitrogen and oxygen atoms in total. The standard InChI is InChI=1S/C17H18N2O4/c20-15-7-2-8-18-16(15)19-17(21)12-4-1-5-13(10-12)23-11-14-6-3-9-22-14/h1-2,4-5,7-8,10,14,20H,3,6,9,11H2,(H,18,19,21). The smallest absolute Gasteiger partial charge is 0.257 e. The van der Waals surface area contributed by atoms with E-state index < -0.39 is 0 Å². The van der Waals surface area contributed by atoms with Gasteiger partial charge in [0.15, 0.2) is 11.6 Å². The molecule has 1 saturated heterocycles. The van der Waals surface area contributed by atoms with Crippen LogP contribution in [0.1, 0.15) is 23.2 Å². The number of carbonyl (C=O) groups is 1. The van der Waals surface area contributed by atoms with Gasteiger partial charge in [-0.05, 0) is 43.2 Å². The Morgan fingerprint density at radius 1 is 1.39 bits per heavy atom. The summed E-state index contributed by atoms with van der Waals surface area (Å²) in [4.78, 5) is 16.2. The van der Waals surface area contributed by atoms with Crippen molar-refractivity contribution in [3.8, 4) is 11.5 Å². The molecule has 1 aliphatic rings. The molecule has 0 saturated carbocycles. The van der Waals surface area contributed by atoms with Gasteiger partial charge in [0.2, 0.25) is 0 Å². The fourth-order valence-corrected chi connectivity index (χ4v) is 2.36. The van der Waals surface area contributed by atoms with Gasteiger partial charge in [0.25, 0.3) is 5.91 Å². The molecule has 0 spiro atoms. The fraction of sp³-hybridized carbons (Fsp3) is 0.294. The van der Waals surface area contributed by atoms with Crippen LogP contribution in [0.15, 0.2) is 42.6 Å². The quantitative estimate of drug-likeness (QED) is 0.886. The molecule has 0 bridgehead atoms. The number of hydrogen-bond acceptors (Lipinski definition) is 5. The van der Waals surface area contributed by atoms with Crippen LogP contribution >= 0.6 is 0 Å². The first-order chi connectivity index (χ1) is 11.2. The molecule has 1 unspecified atom stereocenters.